The monoisotopic (exact) mass is 279 g/mol. The summed E-state index contributed by atoms with van der Waals surface area (Å²) >= 11 is 0. The molecule has 1 aromatic rings. The van der Waals surface area contributed by atoms with Crippen molar-refractivity contribution in [2.75, 3.05) is 6.54 Å². The molecule has 0 spiro atoms. The van der Waals surface area contributed by atoms with Gasteiger partial charge in [0.2, 0.25) is 0 Å². The molecule has 0 aliphatic rings. The quantitative estimate of drug-likeness (QED) is 0.831. The van der Waals surface area contributed by atoms with E-state index in [-0.39, 0.29) is 18.5 Å². The maximum Gasteiger partial charge on any atom is 0.419 e. The summed E-state index contributed by atoms with van der Waals surface area (Å²) in [5.41, 5.74) is -1.75. The van der Waals surface area contributed by atoms with Gasteiger partial charge in [0.25, 0.3) is 5.91 Å². The van der Waals surface area contributed by atoms with E-state index in [4.69, 9.17) is 5.11 Å². The van der Waals surface area contributed by atoms with Crippen LogP contribution in [0.3, 0.4) is 0 Å². The van der Waals surface area contributed by atoms with Crippen LogP contribution in [0, 0.1) is 5.82 Å². The molecule has 7 heteroatoms. The first-order chi connectivity index (χ1) is 8.71. The number of benzene rings is 1. The first kappa shape index (κ1) is 15.4. The molecule has 0 heterocycles. The number of aliphatic hydroxyl groups excluding tert-OH is 1. The van der Waals surface area contributed by atoms with Gasteiger partial charge in [0.15, 0.2) is 0 Å². The first-order valence-corrected chi connectivity index (χ1v) is 5.55. The van der Waals surface area contributed by atoms with Crippen molar-refractivity contribution in [2.45, 2.75) is 25.6 Å². The number of carbonyl (C=O) groups is 1. The molecule has 0 radical (unpaired) electrons. The number of carbonyl (C=O) groups excluding carboxylic acids is 1. The molecular weight excluding hydrogens is 266 g/mol. The van der Waals surface area contributed by atoms with E-state index in [1.165, 1.54) is 6.92 Å². The Morgan fingerprint density at radius 3 is 2.58 bits per heavy atom. The summed E-state index contributed by atoms with van der Waals surface area (Å²) in [6, 6.07) is 2.04. The van der Waals surface area contributed by atoms with Crippen molar-refractivity contribution in [3.05, 3.63) is 35.1 Å². The third-order valence-corrected chi connectivity index (χ3v) is 2.38. The Balaban J connectivity index is 2.82. The number of amides is 1. The standard InChI is InChI=1S/C12H13F4NO2/c1-7(18)4-5-17-11(19)8-2-3-10(13)9(6-8)12(14,15)16/h2-3,6-7,18H,4-5H2,1H3,(H,17,19). The molecule has 2 N–H and O–H groups in total. The summed E-state index contributed by atoms with van der Waals surface area (Å²) < 4.78 is 50.3. The molecule has 0 aliphatic carbocycles. The van der Waals surface area contributed by atoms with Crippen molar-refractivity contribution >= 4 is 5.91 Å². The molecule has 0 aliphatic heterocycles. The summed E-state index contributed by atoms with van der Waals surface area (Å²) in [6.45, 7) is 1.64. The van der Waals surface area contributed by atoms with Gasteiger partial charge in [0.05, 0.1) is 11.7 Å². The minimum atomic E-state index is -4.85. The van der Waals surface area contributed by atoms with Crippen LogP contribution >= 0.6 is 0 Å². The van der Waals surface area contributed by atoms with Crippen LogP contribution in [0.15, 0.2) is 18.2 Å². The van der Waals surface area contributed by atoms with E-state index in [0.29, 0.717) is 12.1 Å². The normalized spacial score (nSPS) is 13.2. The third-order valence-electron chi connectivity index (χ3n) is 2.38. The summed E-state index contributed by atoms with van der Waals surface area (Å²) in [5.74, 6) is -2.17. The molecule has 0 fully saturated rings. The second kappa shape index (κ2) is 6.01. The molecular formula is C12H13F4NO2. The van der Waals surface area contributed by atoms with Gasteiger partial charge in [-0.25, -0.2) is 4.39 Å². The lowest BCUT2D eigenvalue weighted by atomic mass is 10.1. The van der Waals surface area contributed by atoms with E-state index in [2.05, 4.69) is 5.32 Å². The third kappa shape index (κ3) is 4.51. The molecule has 19 heavy (non-hydrogen) atoms. The van der Waals surface area contributed by atoms with Crippen molar-refractivity contribution in [3.8, 4) is 0 Å². The number of nitrogens with one attached hydrogen (secondary N) is 1. The Morgan fingerprint density at radius 1 is 1.42 bits per heavy atom. The Morgan fingerprint density at radius 2 is 2.05 bits per heavy atom. The minimum absolute atomic E-state index is 0.120. The van der Waals surface area contributed by atoms with Crippen LogP contribution in [0.25, 0.3) is 0 Å². The van der Waals surface area contributed by atoms with Gasteiger partial charge in [-0.1, -0.05) is 0 Å². The van der Waals surface area contributed by atoms with E-state index >= 15 is 0 Å². The van der Waals surface area contributed by atoms with Crippen LogP contribution in [0.1, 0.15) is 29.3 Å². The van der Waals surface area contributed by atoms with Crippen molar-refractivity contribution in [2.24, 2.45) is 0 Å². The average molecular weight is 279 g/mol. The molecule has 0 aromatic heterocycles. The lowest BCUT2D eigenvalue weighted by Crippen LogP contribution is -2.27. The zero-order valence-electron chi connectivity index (χ0n) is 10.1. The molecule has 1 atom stereocenters. The van der Waals surface area contributed by atoms with Crippen LogP contribution in [0.2, 0.25) is 0 Å². The predicted octanol–water partition coefficient (Wildman–Crippen LogP) is 2.35. The number of halogens is 4. The SMILES string of the molecule is CC(O)CCNC(=O)c1ccc(F)c(C(F)(F)F)c1. The summed E-state index contributed by atoms with van der Waals surface area (Å²) in [7, 11) is 0. The second-order valence-corrected chi connectivity index (χ2v) is 4.09. The van der Waals surface area contributed by atoms with Gasteiger partial charge in [-0.15, -0.1) is 0 Å². The Labute approximate surface area is 107 Å². The highest BCUT2D eigenvalue weighted by molar-refractivity contribution is 5.94. The highest BCUT2D eigenvalue weighted by atomic mass is 19.4. The molecule has 1 aromatic carbocycles. The highest BCUT2D eigenvalue weighted by Gasteiger charge is 2.34. The molecule has 106 valence electrons. The molecule has 1 amide bonds. The average Bonchev–Trinajstić information content (AvgIpc) is 2.27. The van der Waals surface area contributed by atoms with Gasteiger partial charge >= 0.3 is 6.18 Å². The Hall–Kier alpha value is -1.63. The smallest absolute Gasteiger partial charge is 0.393 e. The Bertz CT molecular complexity index is 458. The lowest BCUT2D eigenvalue weighted by Gasteiger charge is -2.10. The molecule has 0 saturated carbocycles. The number of hydrogen-bond donors (Lipinski definition) is 2. The van der Waals surface area contributed by atoms with Gasteiger partial charge < -0.3 is 10.4 Å². The largest absolute Gasteiger partial charge is 0.419 e. The van der Waals surface area contributed by atoms with Crippen molar-refractivity contribution < 1.29 is 27.5 Å². The maximum absolute atomic E-state index is 13.0. The highest BCUT2D eigenvalue weighted by Crippen LogP contribution is 2.31. The lowest BCUT2D eigenvalue weighted by molar-refractivity contribution is -0.140. The van der Waals surface area contributed by atoms with E-state index in [1.807, 2.05) is 0 Å². The van der Waals surface area contributed by atoms with E-state index in [9.17, 15) is 22.4 Å². The van der Waals surface area contributed by atoms with E-state index in [1.54, 1.807) is 0 Å². The van der Waals surface area contributed by atoms with Crippen LogP contribution < -0.4 is 5.32 Å². The molecule has 0 saturated heterocycles. The van der Waals surface area contributed by atoms with Crippen LogP contribution in [-0.2, 0) is 6.18 Å². The van der Waals surface area contributed by atoms with Gasteiger partial charge in [-0.2, -0.15) is 13.2 Å². The molecule has 1 unspecified atom stereocenters. The zero-order valence-corrected chi connectivity index (χ0v) is 10.1. The number of rotatable bonds is 4. The van der Waals surface area contributed by atoms with Crippen LogP contribution in [-0.4, -0.2) is 23.7 Å². The van der Waals surface area contributed by atoms with E-state index in [0.717, 1.165) is 6.07 Å². The summed E-state index contributed by atoms with van der Waals surface area (Å²) in [5, 5.41) is 11.3. The van der Waals surface area contributed by atoms with Gasteiger partial charge in [0.1, 0.15) is 5.82 Å². The molecule has 0 bridgehead atoms. The Kier molecular flexibility index (Phi) is 4.88. The fourth-order valence-electron chi connectivity index (χ4n) is 1.38. The number of hydrogen-bond acceptors (Lipinski definition) is 2. The topological polar surface area (TPSA) is 49.3 Å². The number of aliphatic hydroxyl groups is 1. The fourth-order valence-corrected chi connectivity index (χ4v) is 1.38. The summed E-state index contributed by atoms with van der Waals surface area (Å²) in [6.07, 6.45) is -5.20. The zero-order chi connectivity index (χ0) is 14.6. The van der Waals surface area contributed by atoms with Crippen LogP contribution in [0.4, 0.5) is 17.6 Å². The van der Waals surface area contributed by atoms with Gasteiger partial charge in [-0.05, 0) is 31.5 Å². The predicted molar refractivity (Wildman–Crippen MR) is 60.0 cm³/mol. The van der Waals surface area contributed by atoms with E-state index < -0.39 is 29.6 Å². The van der Waals surface area contributed by atoms with Gasteiger partial charge in [-0.3, -0.25) is 4.79 Å². The van der Waals surface area contributed by atoms with Crippen molar-refractivity contribution in [1.29, 1.82) is 0 Å². The first-order valence-electron chi connectivity index (χ1n) is 5.55. The minimum Gasteiger partial charge on any atom is -0.393 e. The van der Waals surface area contributed by atoms with Crippen LogP contribution in [0.5, 0.6) is 0 Å². The second-order valence-electron chi connectivity index (χ2n) is 4.09. The van der Waals surface area contributed by atoms with Crippen molar-refractivity contribution in [3.63, 3.8) is 0 Å². The fraction of sp³-hybridized carbons (Fsp3) is 0.417. The summed E-state index contributed by atoms with van der Waals surface area (Å²) in [4.78, 5) is 11.5. The number of alkyl halides is 3. The van der Waals surface area contributed by atoms with Crippen molar-refractivity contribution in [1.82, 2.24) is 5.32 Å². The molecule has 1 rings (SSSR count). The maximum atomic E-state index is 13.0. The van der Waals surface area contributed by atoms with Gasteiger partial charge in [0, 0.05) is 12.1 Å². The molecule has 3 nitrogen and oxygen atoms in total.